The van der Waals surface area contributed by atoms with E-state index < -0.39 is 0 Å². The maximum absolute atomic E-state index is 11.6. The highest BCUT2D eigenvalue weighted by Crippen LogP contribution is 2.29. The van der Waals surface area contributed by atoms with Gasteiger partial charge in [0.1, 0.15) is 4.88 Å². The van der Waals surface area contributed by atoms with Crippen LogP contribution >= 0.6 is 11.3 Å². The lowest BCUT2D eigenvalue weighted by Crippen LogP contribution is -2.28. The molecule has 0 amide bonds. The number of thiophene rings is 1. The van der Waals surface area contributed by atoms with Gasteiger partial charge in [0.2, 0.25) is 0 Å². The van der Waals surface area contributed by atoms with Crippen LogP contribution in [0.3, 0.4) is 0 Å². The smallest absolute Gasteiger partial charge is 0.350 e. The fraction of sp³-hybridized carbons (Fsp3) is 0.583. The van der Waals surface area contributed by atoms with Gasteiger partial charge in [-0.05, 0) is 25.8 Å². The predicted octanol–water partition coefficient (Wildman–Crippen LogP) is 2.43. The average molecular weight is 255 g/mol. The van der Waals surface area contributed by atoms with Crippen LogP contribution in [0, 0.1) is 6.92 Å². The average Bonchev–Trinajstić information content (AvgIpc) is 2.70. The number of ether oxygens (including phenoxy) is 2. The van der Waals surface area contributed by atoms with Gasteiger partial charge in [-0.1, -0.05) is 0 Å². The van der Waals surface area contributed by atoms with Gasteiger partial charge >= 0.3 is 5.97 Å². The Kier molecular flexibility index (Phi) is 4.02. The number of rotatable bonds is 3. The number of anilines is 1. The molecule has 94 valence electrons. The van der Waals surface area contributed by atoms with Crippen molar-refractivity contribution in [3.8, 4) is 0 Å². The summed E-state index contributed by atoms with van der Waals surface area (Å²) in [5, 5.41) is 3.42. The second-order valence-corrected chi connectivity index (χ2v) is 5.38. The van der Waals surface area contributed by atoms with Crippen molar-refractivity contribution in [3.05, 3.63) is 15.8 Å². The van der Waals surface area contributed by atoms with Crippen molar-refractivity contribution < 1.29 is 14.3 Å². The van der Waals surface area contributed by atoms with Crippen LogP contribution < -0.4 is 5.32 Å². The summed E-state index contributed by atoms with van der Waals surface area (Å²) in [6.07, 6.45) is 1.96. The van der Waals surface area contributed by atoms with Crippen LogP contribution in [0.25, 0.3) is 0 Å². The second kappa shape index (κ2) is 5.51. The summed E-state index contributed by atoms with van der Waals surface area (Å²) in [5.41, 5.74) is 0.895. The maximum Gasteiger partial charge on any atom is 0.350 e. The molecule has 1 N–H and O–H groups in total. The minimum absolute atomic E-state index is 0.266. The van der Waals surface area contributed by atoms with Gasteiger partial charge in [0.15, 0.2) is 0 Å². The molecular formula is C12H17NO3S. The van der Waals surface area contributed by atoms with Crippen LogP contribution in [0.15, 0.2) is 6.07 Å². The minimum atomic E-state index is -0.266. The number of carbonyl (C=O) groups is 1. The topological polar surface area (TPSA) is 47.6 Å². The molecule has 0 bridgehead atoms. The van der Waals surface area contributed by atoms with Crippen molar-refractivity contribution in [3.63, 3.8) is 0 Å². The van der Waals surface area contributed by atoms with Gasteiger partial charge in [0.05, 0.1) is 12.8 Å². The van der Waals surface area contributed by atoms with Crippen molar-refractivity contribution in [2.75, 3.05) is 25.6 Å². The van der Waals surface area contributed by atoms with Gasteiger partial charge in [-0.25, -0.2) is 4.79 Å². The number of carbonyl (C=O) groups excluding carboxylic acids is 1. The molecule has 0 unspecified atom stereocenters. The number of aryl methyl sites for hydroxylation is 1. The Morgan fingerprint density at radius 2 is 2.24 bits per heavy atom. The van der Waals surface area contributed by atoms with E-state index in [1.54, 1.807) is 0 Å². The molecule has 1 aliphatic rings. The van der Waals surface area contributed by atoms with E-state index in [4.69, 9.17) is 9.47 Å². The molecule has 0 spiro atoms. The van der Waals surface area contributed by atoms with Crippen LogP contribution in [0.1, 0.15) is 27.4 Å². The van der Waals surface area contributed by atoms with Crippen molar-refractivity contribution in [2.24, 2.45) is 0 Å². The molecule has 0 aromatic carbocycles. The molecule has 1 aromatic heterocycles. The van der Waals surface area contributed by atoms with Crippen molar-refractivity contribution >= 4 is 23.0 Å². The Balaban J connectivity index is 2.11. The van der Waals surface area contributed by atoms with Gasteiger partial charge < -0.3 is 14.8 Å². The fourth-order valence-electron chi connectivity index (χ4n) is 1.93. The zero-order valence-corrected chi connectivity index (χ0v) is 10.9. The van der Waals surface area contributed by atoms with Gasteiger partial charge in [0.25, 0.3) is 0 Å². The first-order chi connectivity index (χ1) is 8.20. The third-order valence-corrected chi connectivity index (χ3v) is 3.84. The maximum atomic E-state index is 11.6. The molecule has 0 aliphatic carbocycles. The zero-order valence-electron chi connectivity index (χ0n) is 10.1. The Morgan fingerprint density at radius 1 is 1.53 bits per heavy atom. The summed E-state index contributed by atoms with van der Waals surface area (Å²) in [6, 6.07) is 2.40. The van der Waals surface area contributed by atoms with Crippen molar-refractivity contribution in [2.45, 2.75) is 25.8 Å². The quantitative estimate of drug-likeness (QED) is 0.843. The Labute approximate surface area is 105 Å². The first kappa shape index (κ1) is 12.4. The number of hydrogen-bond acceptors (Lipinski definition) is 5. The van der Waals surface area contributed by atoms with Crippen LogP contribution in [-0.4, -0.2) is 32.3 Å². The molecule has 17 heavy (non-hydrogen) atoms. The molecule has 1 fully saturated rings. The summed E-state index contributed by atoms with van der Waals surface area (Å²) in [7, 11) is 1.41. The number of hydrogen-bond donors (Lipinski definition) is 1. The molecule has 0 radical (unpaired) electrons. The van der Waals surface area contributed by atoms with E-state index in [2.05, 4.69) is 5.32 Å². The third kappa shape index (κ3) is 2.98. The standard InChI is InChI=1S/C12H17NO3S/c1-8-7-10(11(17-8)12(14)15-2)13-9-3-5-16-6-4-9/h7,9,13H,3-6H2,1-2H3. The molecule has 4 nitrogen and oxygen atoms in total. The van der Waals surface area contributed by atoms with Gasteiger partial charge in [-0.2, -0.15) is 0 Å². The monoisotopic (exact) mass is 255 g/mol. The lowest BCUT2D eigenvalue weighted by atomic mass is 10.1. The van der Waals surface area contributed by atoms with Gasteiger partial charge in [-0.15, -0.1) is 11.3 Å². The summed E-state index contributed by atoms with van der Waals surface area (Å²) in [6.45, 7) is 3.56. The summed E-state index contributed by atoms with van der Waals surface area (Å²) in [5.74, 6) is -0.266. The molecule has 2 heterocycles. The molecule has 2 rings (SSSR count). The number of esters is 1. The number of nitrogens with one attached hydrogen (secondary N) is 1. The lowest BCUT2D eigenvalue weighted by Gasteiger charge is -2.24. The summed E-state index contributed by atoms with van der Waals surface area (Å²) < 4.78 is 10.1. The Morgan fingerprint density at radius 3 is 2.88 bits per heavy atom. The third-order valence-electron chi connectivity index (χ3n) is 2.81. The fourth-order valence-corrected chi connectivity index (χ4v) is 2.82. The van der Waals surface area contributed by atoms with Crippen LogP contribution in [0.4, 0.5) is 5.69 Å². The highest BCUT2D eigenvalue weighted by atomic mass is 32.1. The molecular weight excluding hydrogens is 238 g/mol. The Bertz CT molecular complexity index is 396. The highest BCUT2D eigenvalue weighted by Gasteiger charge is 2.19. The van der Waals surface area contributed by atoms with E-state index in [1.165, 1.54) is 18.4 Å². The van der Waals surface area contributed by atoms with Gasteiger partial charge in [0, 0.05) is 24.1 Å². The van der Waals surface area contributed by atoms with E-state index in [0.717, 1.165) is 36.6 Å². The minimum Gasteiger partial charge on any atom is -0.465 e. The first-order valence-corrected chi connectivity index (χ1v) is 6.55. The van der Waals surface area contributed by atoms with Crippen molar-refractivity contribution in [1.82, 2.24) is 0 Å². The molecule has 0 atom stereocenters. The summed E-state index contributed by atoms with van der Waals surface area (Å²) in [4.78, 5) is 13.4. The summed E-state index contributed by atoms with van der Waals surface area (Å²) >= 11 is 1.47. The Hall–Kier alpha value is -1.07. The second-order valence-electron chi connectivity index (χ2n) is 4.12. The first-order valence-electron chi connectivity index (χ1n) is 5.73. The molecule has 0 saturated carbocycles. The molecule has 5 heteroatoms. The van der Waals surface area contributed by atoms with E-state index in [-0.39, 0.29) is 5.97 Å². The largest absolute Gasteiger partial charge is 0.465 e. The molecule has 1 aliphatic heterocycles. The lowest BCUT2D eigenvalue weighted by molar-refractivity contribution is 0.0607. The van der Waals surface area contributed by atoms with E-state index in [9.17, 15) is 4.79 Å². The zero-order chi connectivity index (χ0) is 12.3. The highest BCUT2D eigenvalue weighted by molar-refractivity contribution is 7.14. The van der Waals surface area contributed by atoms with Gasteiger partial charge in [-0.3, -0.25) is 0 Å². The predicted molar refractivity (Wildman–Crippen MR) is 67.9 cm³/mol. The SMILES string of the molecule is COC(=O)c1sc(C)cc1NC1CCOCC1. The van der Waals surface area contributed by atoms with E-state index in [1.807, 2.05) is 13.0 Å². The van der Waals surface area contributed by atoms with Crippen molar-refractivity contribution in [1.29, 1.82) is 0 Å². The van der Waals surface area contributed by atoms with E-state index in [0.29, 0.717) is 10.9 Å². The molecule has 1 saturated heterocycles. The molecule has 1 aromatic rings. The van der Waals surface area contributed by atoms with E-state index >= 15 is 0 Å². The number of methoxy groups -OCH3 is 1. The van der Waals surface area contributed by atoms with Crippen LogP contribution in [0.2, 0.25) is 0 Å². The van der Waals surface area contributed by atoms with Crippen LogP contribution in [-0.2, 0) is 9.47 Å². The normalized spacial score (nSPS) is 16.8. The van der Waals surface area contributed by atoms with Crippen LogP contribution in [0.5, 0.6) is 0 Å².